The zero-order valence-electron chi connectivity index (χ0n) is 20.0. The first kappa shape index (κ1) is 22.8. The number of hydrogen-bond donors (Lipinski definition) is 1. The second-order valence-electron chi connectivity index (χ2n) is 8.74. The summed E-state index contributed by atoms with van der Waals surface area (Å²) in [6.45, 7) is 1.95. The summed E-state index contributed by atoms with van der Waals surface area (Å²) < 4.78 is 1.42. The summed E-state index contributed by atoms with van der Waals surface area (Å²) in [6.07, 6.45) is 1.37. The monoisotopic (exact) mass is 498 g/mol. The fraction of sp³-hybridized carbons (Fsp3) is 0.0345. The minimum absolute atomic E-state index is 0.175. The molecular weight excluding hydrogens is 480 g/mol. The maximum absolute atomic E-state index is 13.2. The number of fused-ring (bicyclic) bond motifs is 2. The molecule has 3 heterocycles. The average Bonchev–Trinajstić information content (AvgIpc) is 3.46. The number of imide groups is 1. The Morgan fingerprint density at radius 3 is 2.26 bits per heavy atom. The van der Waals surface area contributed by atoms with E-state index >= 15 is 0 Å². The van der Waals surface area contributed by atoms with Gasteiger partial charge in [0.25, 0.3) is 17.7 Å². The smallest absolute Gasteiger partial charge is 0.266 e. The van der Waals surface area contributed by atoms with Crippen LogP contribution in [0.25, 0.3) is 16.7 Å². The predicted octanol–water partition coefficient (Wildman–Crippen LogP) is 4.65. The van der Waals surface area contributed by atoms with Gasteiger partial charge in [0.1, 0.15) is 11.6 Å². The Kier molecular flexibility index (Phi) is 5.28. The predicted molar refractivity (Wildman–Crippen MR) is 140 cm³/mol. The first-order valence-electron chi connectivity index (χ1n) is 11.7. The Hall–Kier alpha value is -5.62. The van der Waals surface area contributed by atoms with Crippen LogP contribution in [0.2, 0.25) is 0 Å². The third-order valence-electron chi connectivity index (χ3n) is 6.43. The van der Waals surface area contributed by atoms with Crippen molar-refractivity contribution in [2.24, 2.45) is 0 Å². The first-order chi connectivity index (χ1) is 18.5. The fourth-order valence-corrected chi connectivity index (χ4v) is 4.53. The number of nitrogens with zero attached hydrogens (tertiary/aromatic N) is 5. The molecule has 0 fully saturated rings. The molecule has 1 aliphatic heterocycles. The average molecular weight is 499 g/mol. The van der Waals surface area contributed by atoms with Crippen LogP contribution in [0.15, 0.2) is 85.1 Å². The number of pyridine rings is 1. The van der Waals surface area contributed by atoms with Gasteiger partial charge < -0.3 is 5.32 Å². The molecule has 38 heavy (non-hydrogen) atoms. The van der Waals surface area contributed by atoms with Gasteiger partial charge in [0.15, 0.2) is 11.6 Å². The number of carbonyl (C=O) groups excluding carboxylic acids is 3. The number of nitriles is 1. The molecule has 0 saturated carbocycles. The van der Waals surface area contributed by atoms with Crippen LogP contribution >= 0.6 is 0 Å². The minimum atomic E-state index is -0.491. The first-order valence-corrected chi connectivity index (χ1v) is 11.7. The molecular formula is C29H18N6O3. The molecule has 182 valence electrons. The Balaban J connectivity index is 1.29. The van der Waals surface area contributed by atoms with E-state index in [9.17, 15) is 19.6 Å². The van der Waals surface area contributed by atoms with E-state index in [0.29, 0.717) is 22.6 Å². The van der Waals surface area contributed by atoms with E-state index in [-0.39, 0.29) is 16.9 Å². The van der Waals surface area contributed by atoms with E-state index in [4.69, 9.17) is 0 Å². The lowest BCUT2D eigenvalue weighted by atomic mass is 10.1. The van der Waals surface area contributed by atoms with Crippen molar-refractivity contribution < 1.29 is 14.4 Å². The number of carbonyl (C=O) groups is 3. The molecule has 0 spiro atoms. The molecule has 9 heteroatoms. The standard InChI is InChI=1S/C29H18N6O3/c1-17-14-25(32-24-9-5-4-6-21(17)24)35-26(19(15-30)16-31-35)33-27(36)18-10-12-20(13-11-18)34-28(37)22-7-2-3-8-23(22)29(34)38/h2-14,16H,1H3,(H,33,36). The summed E-state index contributed by atoms with van der Waals surface area (Å²) in [4.78, 5) is 44.4. The third-order valence-corrected chi connectivity index (χ3v) is 6.43. The number of benzene rings is 3. The summed E-state index contributed by atoms with van der Waals surface area (Å²) in [5.41, 5.74) is 3.21. The van der Waals surface area contributed by atoms with Crippen LogP contribution in [0.4, 0.5) is 11.5 Å². The van der Waals surface area contributed by atoms with Crippen LogP contribution in [0.1, 0.15) is 42.2 Å². The Morgan fingerprint density at radius 1 is 0.921 bits per heavy atom. The molecule has 3 amide bonds. The molecule has 2 aromatic heterocycles. The second kappa shape index (κ2) is 8.80. The summed E-state index contributed by atoms with van der Waals surface area (Å²) in [7, 11) is 0. The molecule has 6 rings (SSSR count). The summed E-state index contributed by atoms with van der Waals surface area (Å²) in [6, 6.07) is 24.3. The van der Waals surface area contributed by atoms with Crippen LogP contribution in [-0.2, 0) is 0 Å². The zero-order valence-corrected chi connectivity index (χ0v) is 20.0. The van der Waals surface area contributed by atoms with Crippen LogP contribution < -0.4 is 10.2 Å². The SMILES string of the molecule is Cc1cc(-n2ncc(C#N)c2NC(=O)c2ccc(N3C(=O)c4ccccc4C3=O)cc2)nc2ccccc12. The Bertz CT molecular complexity index is 1800. The van der Waals surface area contributed by atoms with Gasteiger partial charge in [-0.3, -0.25) is 14.4 Å². The van der Waals surface area contributed by atoms with Crippen molar-refractivity contribution in [1.29, 1.82) is 5.26 Å². The summed E-state index contributed by atoms with van der Waals surface area (Å²) >= 11 is 0. The number of anilines is 2. The lowest BCUT2D eigenvalue weighted by molar-refractivity contribution is 0.0925. The van der Waals surface area contributed by atoms with Gasteiger partial charge in [-0.25, -0.2) is 9.88 Å². The van der Waals surface area contributed by atoms with E-state index in [1.165, 1.54) is 35.1 Å². The number of aryl methyl sites for hydroxylation is 1. The van der Waals surface area contributed by atoms with Gasteiger partial charge in [0, 0.05) is 10.9 Å². The van der Waals surface area contributed by atoms with Crippen molar-refractivity contribution in [3.05, 3.63) is 113 Å². The van der Waals surface area contributed by atoms with Crippen molar-refractivity contribution in [3.8, 4) is 11.9 Å². The van der Waals surface area contributed by atoms with E-state index in [1.54, 1.807) is 24.3 Å². The van der Waals surface area contributed by atoms with E-state index in [0.717, 1.165) is 21.4 Å². The number of nitrogens with one attached hydrogen (secondary N) is 1. The number of aromatic nitrogens is 3. The number of rotatable bonds is 4. The van der Waals surface area contributed by atoms with Crippen LogP contribution in [0, 0.1) is 18.3 Å². The minimum Gasteiger partial charge on any atom is -0.305 e. The topological polar surface area (TPSA) is 121 Å². The molecule has 3 aromatic carbocycles. The van der Waals surface area contributed by atoms with Crippen molar-refractivity contribution >= 4 is 40.1 Å². The van der Waals surface area contributed by atoms with Crippen LogP contribution in [-0.4, -0.2) is 32.5 Å². The van der Waals surface area contributed by atoms with Gasteiger partial charge in [-0.05, 0) is 61.0 Å². The van der Waals surface area contributed by atoms with Gasteiger partial charge >= 0.3 is 0 Å². The van der Waals surface area contributed by atoms with E-state index in [1.807, 2.05) is 37.3 Å². The van der Waals surface area contributed by atoms with Gasteiger partial charge in [0.05, 0.1) is 28.5 Å². The summed E-state index contributed by atoms with van der Waals surface area (Å²) in [5, 5.41) is 17.7. The normalized spacial score (nSPS) is 12.5. The molecule has 0 saturated heterocycles. The number of amides is 3. The van der Waals surface area contributed by atoms with Crippen LogP contribution in [0.3, 0.4) is 0 Å². The molecule has 5 aromatic rings. The Morgan fingerprint density at radius 2 is 1.58 bits per heavy atom. The molecule has 0 bridgehead atoms. The summed E-state index contributed by atoms with van der Waals surface area (Å²) in [5.74, 6) is -0.676. The third kappa shape index (κ3) is 3.60. The molecule has 0 atom stereocenters. The van der Waals surface area contributed by atoms with Crippen molar-refractivity contribution in [2.45, 2.75) is 6.92 Å². The highest BCUT2D eigenvalue weighted by atomic mass is 16.2. The van der Waals surface area contributed by atoms with Gasteiger partial charge in [-0.1, -0.05) is 30.3 Å². The number of hydrogen-bond acceptors (Lipinski definition) is 6. The second-order valence-corrected chi connectivity index (χ2v) is 8.74. The quantitative estimate of drug-likeness (QED) is 0.360. The molecule has 0 unspecified atom stereocenters. The maximum Gasteiger partial charge on any atom is 0.266 e. The highest BCUT2D eigenvalue weighted by Gasteiger charge is 2.36. The fourth-order valence-electron chi connectivity index (χ4n) is 4.53. The molecule has 1 aliphatic rings. The largest absolute Gasteiger partial charge is 0.305 e. The van der Waals surface area contributed by atoms with Crippen molar-refractivity contribution in [1.82, 2.24) is 14.8 Å². The number of para-hydroxylation sites is 1. The lowest BCUT2D eigenvalue weighted by Crippen LogP contribution is -2.29. The molecule has 9 nitrogen and oxygen atoms in total. The Labute approximate surface area is 216 Å². The van der Waals surface area contributed by atoms with Crippen molar-refractivity contribution in [3.63, 3.8) is 0 Å². The highest BCUT2D eigenvalue weighted by molar-refractivity contribution is 6.34. The van der Waals surface area contributed by atoms with Gasteiger partial charge in [-0.15, -0.1) is 0 Å². The van der Waals surface area contributed by atoms with E-state index < -0.39 is 17.7 Å². The lowest BCUT2D eigenvalue weighted by Gasteiger charge is -2.14. The maximum atomic E-state index is 13.2. The van der Waals surface area contributed by atoms with Crippen LogP contribution in [0.5, 0.6) is 0 Å². The van der Waals surface area contributed by atoms with Gasteiger partial charge in [0.2, 0.25) is 0 Å². The van der Waals surface area contributed by atoms with Gasteiger partial charge in [-0.2, -0.15) is 15.0 Å². The molecule has 1 N–H and O–H groups in total. The van der Waals surface area contributed by atoms with Crippen molar-refractivity contribution in [2.75, 3.05) is 10.2 Å². The van der Waals surface area contributed by atoms with E-state index in [2.05, 4.69) is 21.5 Å². The molecule has 0 aliphatic carbocycles. The molecule has 0 radical (unpaired) electrons. The highest BCUT2D eigenvalue weighted by Crippen LogP contribution is 2.29. The zero-order chi connectivity index (χ0) is 26.4.